The first-order valence-corrected chi connectivity index (χ1v) is 41.0. The van der Waals surface area contributed by atoms with Gasteiger partial charge >= 0.3 is 15.2 Å². The molecule has 0 aromatic rings. The van der Waals surface area contributed by atoms with Crippen LogP contribution < -0.4 is 0 Å². The van der Waals surface area contributed by atoms with Gasteiger partial charge in [0.25, 0.3) is 0 Å². The zero-order valence-electron chi connectivity index (χ0n) is 58.4. The normalized spacial score (nSPS) is 24.6. The fourth-order valence-electron chi connectivity index (χ4n) is 11.7. The van der Waals surface area contributed by atoms with Crippen LogP contribution in [-0.2, 0) is 37.1 Å². The molecule has 516 valence electrons. The molecule has 3 unspecified atom stereocenters. The molecule has 0 radical (unpaired) electrons. The summed E-state index contributed by atoms with van der Waals surface area (Å²) in [5.74, 6) is 0. The Hall–Kier alpha value is 0.0600. The zero-order valence-corrected chi connectivity index (χ0v) is 60.1. The Morgan fingerprint density at radius 1 is 0.291 bits per heavy atom. The Morgan fingerprint density at radius 2 is 0.453 bits per heavy atom. The van der Waals surface area contributed by atoms with Gasteiger partial charge in [-0.25, -0.2) is 0 Å². The molecule has 1 aliphatic heterocycles. The number of rotatable bonds is 12. The highest BCUT2D eigenvalue weighted by Gasteiger charge is 2.27. The van der Waals surface area contributed by atoms with Crippen molar-refractivity contribution in [3.8, 4) is 0 Å². The molecular weight excluding hydrogens is 1110 g/mol. The van der Waals surface area contributed by atoms with Crippen LogP contribution in [0.4, 0.5) is 0 Å². The van der Waals surface area contributed by atoms with E-state index in [1.54, 1.807) is 0 Å². The van der Waals surface area contributed by atoms with Crippen LogP contribution in [0, 0.1) is 0 Å². The molecule has 14 heteroatoms. The van der Waals surface area contributed by atoms with Crippen molar-refractivity contribution in [3.63, 3.8) is 0 Å². The molecule has 1 heterocycles. The highest BCUT2D eigenvalue weighted by Crippen LogP contribution is 2.43. The number of ether oxygens (including phenoxy) is 4. The maximum absolute atomic E-state index is 12.8. The minimum Gasteiger partial charge on any atom is -0.379 e. The fourth-order valence-corrected chi connectivity index (χ4v) is 14.5. The van der Waals surface area contributed by atoms with E-state index in [1.165, 1.54) is 295 Å². The second-order valence-corrected chi connectivity index (χ2v) is 32.8. The highest BCUT2D eigenvalue weighted by atomic mass is 31.2. The van der Waals surface area contributed by atoms with Gasteiger partial charge in [0.05, 0.1) is 94.1 Å². The van der Waals surface area contributed by atoms with Gasteiger partial charge in [0.1, 0.15) is 12.2 Å². The Bertz CT molecular complexity index is 1390. The molecule has 0 bridgehead atoms. The lowest BCUT2D eigenvalue weighted by atomic mass is 10.0. The van der Waals surface area contributed by atoms with Gasteiger partial charge in [-0.3, -0.25) is 9.13 Å². The molecule has 4 atom stereocenters. The molecule has 1 aliphatic rings. The third-order valence-electron chi connectivity index (χ3n) is 17.7. The topological polar surface area (TPSA) is 130 Å². The van der Waals surface area contributed by atoms with Gasteiger partial charge in [-0.2, -0.15) is 0 Å². The summed E-state index contributed by atoms with van der Waals surface area (Å²) in [5, 5.41) is 0. The molecule has 1 saturated heterocycles. The summed E-state index contributed by atoms with van der Waals surface area (Å²) in [6.07, 6.45) is 68.7. The van der Waals surface area contributed by atoms with Crippen LogP contribution in [-0.4, -0.2) is 152 Å². The zero-order chi connectivity index (χ0) is 62.7. The van der Waals surface area contributed by atoms with Gasteiger partial charge in [-0.1, -0.05) is 308 Å². The smallest absolute Gasteiger partial charge is 0.333 e. The first kappa shape index (κ1) is 84.1. The molecule has 0 aromatic carbocycles. The van der Waals surface area contributed by atoms with Crippen LogP contribution in [0.2, 0.25) is 0 Å². The van der Waals surface area contributed by atoms with Gasteiger partial charge in [0.15, 0.2) is 0 Å². The molecule has 0 spiro atoms. The molecule has 0 amide bonds. The van der Waals surface area contributed by atoms with E-state index in [0.717, 1.165) is 38.5 Å². The number of hydrogen-bond donors (Lipinski definition) is 2. The first-order chi connectivity index (χ1) is 41.6. The third-order valence-corrected chi connectivity index (χ3v) is 20.3. The van der Waals surface area contributed by atoms with E-state index < -0.39 is 15.2 Å². The molecule has 1 fully saturated rings. The Labute approximate surface area is 535 Å². The summed E-state index contributed by atoms with van der Waals surface area (Å²) in [6, 6.07) is 0. The Kier molecular flexibility index (Phi) is 58.7. The lowest BCUT2D eigenvalue weighted by Gasteiger charge is -2.25. The van der Waals surface area contributed by atoms with Gasteiger partial charge < -0.3 is 46.7 Å². The minimum atomic E-state index is -3.68. The van der Waals surface area contributed by atoms with Crippen LogP contribution in [0.3, 0.4) is 0 Å². The average Bonchev–Trinajstić information content (AvgIpc) is 3.65. The van der Waals surface area contributed by atoms with Gasteiger partial charge in [-0.05, 0) is 25.7 Å². The highest BCUT2D eigenvalue weighted by molar-refractivity contribution is 7.53. The van der Waals surface area contributed by atoms with Crippen LogP contribution >= 0.6 is 15.2 Å². The van der Waals surface area contributed by atoms with Gasteiger partial charge in [0, 0.05) is 26.4 Å². The van der Waals surface area contributed by atoms with E-state index in [2.05, 4.69) is 0 Å². The molecular formula is C72H150N2O10P2+2. The van der Waals surface area contributed by atoms with Gasteiger partial charge in [-0.15, -0.1) is 0 Å². The van der Waals surface area contributed by atoms with E-state index in [9.17, 15) is 18.9 Å². The van der Waals surface area contributed by atoms with Crippen molar-refractivity contribution in [1.82, 2.24) is 0 Å². The lowest BCUT2D eigenvalue weighted by Crippen LogP contribution is -2.37. The molecule has 0 aromatic heterocycles. The third kappa shape index (κ3) is 65.5. The lowest BCUT2D eigenvalue weighted by molar-refractivity contribution is -0.867. The predicted molar refractivity (Wildman–Crippen MR) is 368 cm³/mol. The van der Waals surface area contributed by atoms with E-state index >= 15 is 0 Å². The first-order valence-electron chi connectivity index (χ1n) is 37.5. The van der Waals surface area contributed by atoms with Crippen molar-refractivity contribution in [1.29, 1.82) is 0 Å². The van der Waals surface area contributed by atoms with Crippen molar-refractivity contribution in [2.75, 3.05) is 121 Å². The van der Waals surface area contributed by atoms with Crippen molar-refractivity contribution in [3.05, 3.63) is 0 Å². The predicted octanol–water partition coefficient (Wildman–Crippen LogP) is 20.9. The summed E-state index contributed by atoms with van der Waals surface area (Å²) in [6.45, 7) is 4.90. The summed E-state index contributed by atoms with van der Waals surface area (Å²) in [7, 11) is 4.81. The van der Waals surface area contributed by atoms with E-state index in [4.69, 9.17) is 28.0 Å². The van der Waals surface area contributed by atoms with Crippen molar-refractivity contribution < 1.29 is 55.9 Å². The maximum atomic E-state index is 12.8. The fraction of sp³-hybridized carbons (Fsp3) is 1.00. The molecule has 2 N–H and O–H groups in total. The Balaban J connectivity index is 2.41. The molecule has 0 aliphatic carbocycles. The Morgan fingerprint density at radius 3 is 0.628 bits per heavy atom. The minimum absolute atomic E-state index is 0.103. The second kappa shape index (κ2) is 60.0. The summed E-state index contributed by atoms with van der Waals surface area (Å²) in [4.78, 5) is 21.1. The number of quaternary nitrogens is 2. The second-order valence-electron chi connectivity index (χ2n) is 28.9. The maximum Gasteiger partial charge on any atom is 0.333 e. The van der Waals surface area contributed by atoms with Crippen LogP contribution in [0.25, 0.3) is 0 Å². The van der Waals surface area contributed by atoms with E-state index in [0.29, 0.717) is 61.7 Å². The summed E-state index contributed by atoms with van der Waals surface area (Å²) in [5.41, 5.74) is 0. The largest absolute Gasteiger partial charge is 0.379 e. The number of nitrogens with zero attached hydrogens (tertiary/aromatic N) is 2. The molecule has 1 rings (SSSR count). The van der Waals surface area contributed by atoms with Crippen molar-refractivity contribution in [2.45, 2.75) is 346 Å². The van der Waals surface area contributed by atoms with E-state index in [1.807, 2.05) is 42.3 Å². The molecule has 0 saturated carbocycles. The SMILES string of the molecule is C[N+](C)(C)CCP(=O)(O)OCC1COCCCCCCCCCCCCCCCCCCCCCCCCCCCCOC[C@@H](COP(=O)(O)CC[N+](C)(C)C)OCCCCCCCCCCCCCCCCCCCCCCCCCCCCO1. The van der Waals surface area contributed by atoms with Crippen LogP contribution in [0.1, 0.15) is 334 Å². The van der Waals surface area contributed by atoms with Gasteiger partial charge in [0.2, 0.25) is 0 Å². The standard InChI is InChI=1S/C72H148N2O10P2/c1-73(2,3)59-65-85(75,76)83-69-71-67-79-61-55-51-47-43-39-35-31-27-23-19-15-11-7-8-12-16-20-24-28-32-36-40-44-48-52-56-62-80-68-72(70-84-86(77,78)66-60-74(4,5)6)82-64-58-54-50-46-42-38-34-30-26-22-18-14-10-9-13-17-21-25-29-33-37-41-45-49-53-57-63-81-71/h71-72H,7-70H2,1-6H3/p+2/t71-,72?/m0/s1. The van der Waals surface area contributed by atoms with Crippen molar-refractivity contribution >= 4 is 15.2 Å². The monoisotopic (exact) mass is 1270 g/mol. The molecule has 86 heavy (non-hydrogen) atoms. The van der Waals surface area contributed by atoms with E-state index in [-0.39, 0.29) is 37.7 Å². The quantitative estimate of drug-likeness (QED) is 0.144. The van der Waals surface area contributed by atoms with Crippen LogP contribution in [0.5, 0.6) is 0 Å². The summed E-state index contributed by atoms with van der Waals surface area (Å²) < 4.78 is 62.8. The summed E-state index contributed by atoms with van der Waals surface area (Å²) >= 11 is 0. The van der Waals surface area contributed by atoms with Crippen LogP contribution in [0.15, 0.2) is 0 Å². The number of hydrogen-bond acceptors (Lipinski definition) is 8. The average molecular weight is 1270 g/mol. The van der Waals surface area contributed by atoms with Crippen molar-refractivity contribution in [2.24, 2.45) is 0 Å². The molecule has 12 nitrogen and oxygen atoms in total.